The molecule has 0 aromatic heterocycles. The molecule has 1 heterocycles. The van der Waals surface area contributed by atoms with E-state index in [9.17, 15) is 4.79 Å². The number of carbonyl (C=O) groups excluding carboxylic acids is 1. The van der Waals surface area contributed by atoms with Gasteiger partial charge in [-0.15, -0.1) is 0 Å². The van der Waals surface area contributed by atoms with Gasteiger partial charge in [0.05, 0.1) is 0 Å². The highest BCUT2D eigenvalue weighted by molar-refractivity contribution is 5.82. The Morgan fingerprint density at radius 1 is 1.23 bits per heavy atom. The SMILES string of the molecule is CC(C)CC1(C(=O)NCc2ccc3c(c2)CNC3)CCCC1. The Bertz CT molecular complexity index is 544. The molecule has 120 valence electrons. The molecule has 0 bridgehead atoms. The summed E-state index contributed by atoms with van der Waals surface area (Å²) in [5.74, 6) is 0.854. The fourth-order valence-corrected chi connectivity index (χ4v) is 4.19. The van der Waals surface area contributed by atoms with Crippen molar-refractivity contribution in [2.24, 2.45) is 11.3 Å². The average Bonchev–Trinajstić information content (AvgIpc) is 3.13. The Hall–Kier alpha value is -1.35. The largest absolute Gasteiger partial charge is 0.352 e. The van der Waals surface area contributed by atoms with Crippen molar-refractivity contribution in [1.29, 1.82) is 0 Å². The van der Waals surface area contributed by atoms with Crippen molar-refractivity contribution in [3.05, 3.63) is 34.9 Å². The summed E-state index contributed by atoms with van der Waals surface area (Å²) in [6.45, 7) is 7.03. The number of hydrogen-bond acceptors (Lipinski definition) is 2. The minimum absolute atomic E-state index is 0.105. The fourth-order valence-electron chi connectivity index (χ4n) is 4.19. The summed E-state index contributed by atoms with van der Waals surface area (Å²) in [5, 5.41) is 6.58. The number of carbonyl (C=O) groups is 1. The van der Waals surface area contributed by atoms with E-state index in [0.29, 0.717) is 12.5 Å². The highest BCUT2D eigenvalue weighted by atomic mass is 16.2. The van der Waals surface area contributed by atoms with E-state index >= 15 is 0 Å². The Kier molecular flexibility index (Phi) is 4.53. The van der Waals surface area contributed by atoms with Gasteiger partial charge in [0.25, 0.3) is 0 Å². The van der Waals surface area contributed by atoms with Crippen molar-refractivity contribution >= 4 is 5.91 Å². The second-order valence-corrected chi connectivity index (χ2v) is 7.47. The average molecular weight is 300 g/mol. The van der Waals surface area contributed by atoms with Crippen molar-refractivity contribution in [3.8, 4) is 0 Å². The maximum Gasteiger partial charge on any atom is 0.226 e. The lowest BCUT2D eigenvalue weighted by atomic mass is 9.77. The van der Waals surface area contributed by atoms with Gasteiger partial charge in [-0.25, -0.2) is 0 Å². The first-order valence-electron chi connectivity index (χ1n) is 8.69. The van der Waals surface area contributed by atoms with E-state index in [1.165, 1.54) is 29.5 Å². The van der Waals surface area contributed by atoms with Gasteiger partial charge in [0.15, 0.2) is 0 Å². The first kappa shape index (κ1) is 15.5. The van der Waals surface area contributed by atoms with Gasteiger partial charge in [-0.2, -0.15) is 0 Å². The molecule has 2 N–H and O–H groups in total. The monoisotopic (exact) mass is 300 g/mol. The normalized spacial score (nSPS) is 19.4. The summed E-state index contributed by atoms with van der Waals surface area (Å²) >= 11 is 0. The molecule has 22 heavy (non-hydrogen) atoms. The molecule has 0 spiro atoms. The van der Waals surface area contributed by atoms with Crippen LogP contribution in [0.5, 0.6) is 0 Å². The van der Waals surface area contributed by atoms with Gasteiger partial charge < -0.3 is 10.6 Å². The van der Waals surface area contributed by atoms with E-state index in [1.807, 2.05) is 0 Å². The van der Waals surface area contributed by atoms with Crippen LogP contribution in [0.2, 0.25) is 0 Å². The zero-order chi connectivity index (χ0) is 15.6. The van der Waals surface area contributed by atoms with Crippen LogP contribution < -0.4 is 10.6 Å². The Morgan fingerprint density at radius 3 is 2.68 bits per heavy atom. The summed E-state index contributed by atoms with van der Waals surface area (Å²) < 4.78 is 0. The number of rotatable bonds is 5. The second-order valence-electron chi connectivity index (χ2n) is 7.47. The third-order valence-corrected chi connectivity index (χ3v) is 5.20. The molecule has 1 saturated carbocycles. The van der Waals surface area contributed by atoms with Gasteiger partial charge >= 0.3 is 0 Å². The molecule has 0 radical (unpaired) electrons. The highest BCUT2D eigenvalue weighted by Crippen LogP contribution is 2.43. The predicted molar refractivity (Wildman–Crippen MR) is 89.2 cm³/mol. The quantitative estimate of drug-likeness (QED) is 0.873. The summed E-state index contributed by atoms with van der Waals surface area (Å²) in [6, 6.07) is 6.57. The maximum absolute atomic E-state index is 12.8. The zero-order valence-electron chi connectivity index (χ0n) is 13.9. The lowest BCUT2D eigenvalue weighted by Gasteiger charge is -2.29. The molecule has 3 heteroatoms. The van der Waals surface area contributed by atoms with E-state index in [1.54, 1.807) is 0 Å². The molecular formula is C19H28N2O. The zero-order valence-corrected chi connectivity index (χ0v) is 13.9. The van der Waals surface area contributed by atoms with Crippen molar-refractivity contribution in [3.63, 3.8) is 0 Å². The van der Waals surface area contributed by atoms with Crippen molar-refractivity contribution in [2.75, 3.05) is 0 Å². The van der Waals surface area contributed by atoms with Crippen LogP contribution in [0, 0.1) is 11.3 Å². The molecule has 0 saturated heterocycles. The van der Waals surface area contributed by atoms with Crippen LogP contribution in [-0.2, 0) is 24.4 Å². The molecule has 1 aliphatic carbocycles. The van der Waals surface area contributed by atoms with Crippen molar-refractivity contribution < 1.29 is 4.79 Å². The van der Waals surface area contributed by atoms with E-state index in [-0.39, 0.29) is 11.3 Å². The van der Waals surface area contributed by atoms with E-state index in [4.69, 9.17) is 0 Å². The summed E-state index contributed by atoms with van der Waals surface area (Å²) in [6.07, 6.45) is 5.54. The number of amides is 1. The van der Waals surface area contributed by atoms with Crippen LogP contribution in [0.1, 0.15) is 62.6 Å². The summed E-state index contributed by atoms with van der Waals surface area (Å²) in [4.78, 5) is 12.8. The number of hydrogen-bond donors (Lipinski definition) is 2. The van der Waals surface area contributed by atoms with Crippen LogP contribution in [0.15, 0.2) is 18.2 Å². The summed E-state index contributed by atoms with van der Waals surface area (Å²) in [7, 11) is 0. The topological polar surface area (TPSA) is 41.1 Å². The van der Waals surface area contributed by atoms with Crippen LogP contribution >= 0.6 is 0 Å². The molecule has 2 aliphatic rings. The van der Waals surface area contributed by atoms with E-state index in [2.05, 4.69) is 42.7 Å². The van der Waals surface area contributed by atoms with Crippen LogP contribution in [0.25, 0.3) is 0 Å². The van der Waals surface area contributed by atoms with E-state index in [0.717, 1.165) is 32.4 Å². The van der Waals surface area contributed by atoms with Gasteiger partial charge in [0.1, 0.15) is 0 Å². The Labute approximate surface area is 133 Å². The van der Waals surface area contributed by atoms with Crippen LogP contribution in [0.3, 0.4) is 0 Å². The van der Waals surface area contributed by atoms with Crippen molar-refractivity contribution in [1.82, 2.24) is 10.6 Å². The molecule has 3 rings (SSSR count). The molecule has 1 aliphatic heterocycles. The van der Waals surface area contributed by atoms with Gasteiger partial charge in [-0.1, -0.05) is 44.9 Å². The molecular weight excluding hydrogens is 272 g/mol. The maximum atomic E-state index is 12.8. The molecule has 0 atom stereocenters. The van der Waals surface area contributed by atoms with E-state index < -0.39 is 0 Å². The lowest BCUT2D eigenvalue weighted by Crippen LogP contribution is -2.39. The fraction of sp³-hybridized carbons (Fsp3) is 0.632. The Balaban J connectivity index is 1.63. The number of nitrogens with one attached hydrogen (secondary N) is 2. The third kappa shape index (κ3) is 3.19. The summed E-state index contributed by atoms with van der Waals surface area (Å²) in [5.41, 5.74) is 3.88. The van der Waals surface area contributed by atoms with Crippen molar-refractivity contribution in [2.45, 2.75) is 65.6 Å². The van der Waals surface area contributed by atoms with Gasteiger partial charge in [-0.05, 0) is 41.9 Å². The molecule has 1 aromatic rings. The van der Waals surface area contributed by atoms with Crippen LogP contribution in [0.4, 0.5) is 0 Å². The van der Waals surface area contributed by atoms with Gasteiger partial charge in [-0.3, -0.25) is 4.79 Å². The smallest absolute Gasteiger partial charge is 0.226 e. The standard InChI is InChI=1S/C19H28N2O/c1-14(2)10-19(7-3-4-8-19)18(22)21-11-15-5-6-16-12-20-13-17(16)9-15/h5-6,9,14,20H,3-4,7-8,10-13H2,1-2H3,(H,21,22). The first-order chi connectivity index (χ1) is 10.6. The minimum Gasteiger partial charge on any atom is -0.352 e. The minimum atomic E-state index is -0.105. The predicted octanol–water partition coefficient (Wildman–Crippen LogP) is 3.51. The number of benzene rings is 1. The number of fused-ring (bicyclic) bond motifs is 1. The first-order valence-corrected chi connectivity index (χ1v) is 8.69. The molecule has 1 amide bonds. The lowest BCUT2D eigenvalue weighted by molar-refractivity contribution is -0.132. The van der Waals surface area contributed by atoms with Gasteiger partial charge in [0, 0.05) is 25.0 Å². The molecule has 1 fully saturated rings. The molecule has 0 unspecified atom stereocenters. The highest BCUT2D eigenvalue weighted by Gasteiger charge is 2.41. The van der Waals surface area contributed by atoms with Crippen LogP contribution in [-0.4, -0.2) is 5.91 Å². The molecule has 3 nitrogen and oxygen atoms in total. The molecule has 1 aromatic carbocycles. The van der Waals surface area contributed by atoms with Gasteiger partial charge in [0.2, 0.25) is 5.91 Å². The second kappa shape index (κ2) is 6.41. The Morgan fingerprint density at radius 2 is 1.95 bits per heavy atom. The third-order valence-electron chi connectivity index (χ3n) is 5.20.